The van der Waals surface area contributed by atoms with E-state index in [1.54, 1.807) is 25.3 Å². The van der Waals surface area contributed by atoms with Gasteiger partial charge >= 0.3 is 0 Å². The molecule has 0 fully saturated rings. The molecule has 3 nitrogen and oxygen atoms in total. The van der Waals surface area contributed by atoms with Crippen molar-refractivity contribution in [1.82, 2.24) is 0 Å². The minimum absolute atomic E-state index is 0.573. The zero-order valence-electron chi connectivity index (χ0n) is 11.1. The molecular formula is C16H15ClO3. The highest BCUT2D eigenvalue weighted by Crippen LogP contribution is 2.33. The van der Waals surface area contributed by atoms with E-state index in [0.717, 1.165) is 11.1 Å². The van der Waals surface area contributed by atoms with Crippen LogP contribution in [0.4, 0.5) is 0 Å². The van der Waals surface area contributed by atoms with Crippen LogP contribution in [0.15, 0.2) is 36.4 Å². The van der Waals surface area contributed by atoms with Crippen LogP contribution in [-0.4, -0.2) is 12.2 Å². The summed E-state index contributed by atoms with van der Waals surface area (Å²) < 4.78 is 10.7. The van der Waals surface area contributed by atoms with Crippen LogP contribution >= 0.6 is 11.6 Å². The number of aliphatic hydroxyl groups is 1. The monoisotopic (exact) mass is 290 g/mol. The molecule has 4 heteroatoms. The van der Waals surface area contributed by atoms with Crippen molar-refractivity contribution in [2.24, 2.45) is 0 Å². The summed E-state index contributed by atoms with van der Waals surface area (Å²) in [6, 6.07) is 11.1. The first-order valence-electron chi connectivity index (χ1n) is 6.40. The largest absolute Gasteiger partial charge is 0.496 e. The van der Waals surface area contributed by atoms with Gasteiger partial charge in [0.05, 0.1) is 20.3 Å². The van der Waals surface area contributed by atoms with E-state index in [-0.39, 0.29) is 0 Å². The van der Waals surface area contributed by atoms with Crippen LogP contribution < -0.4 is 4.74 Å². The molecule has 2 aromatic rings. The molecule has 0 bridgehead atoms. The zero-order valence-corrected chi connectivity index (χ0v) is 11.9. The second-order valence-corrected chi connectivity index (χ2v) is 5.25. The predicted molar refractivity (Wildman–Crippen MR) is 77.0 cm³/mol. The van der Waals surface area contributed by atoms with Gasteiger partial charge in [-0.15, -0.1) is 0 Å². The maximum absolute atomic E-state index is 10.6. The zero-order chi connectivity index (χ0) is 14.1. The summed E-state index contributed by atoms with van der Waals surface area (Å²) in [6.07, 6.45) is -0.769. The first-order valence-corrected chi connectivity index (χ1v) is 6.78. The van der Waals surface area contributed by atoms with E-state index in [1.807, 2.05) is 18.2 Å². The molecule has 1 atom stereocenters. The van der Waals surface area contributed by atoms with E-state index in [9.17, 15) is 5.11 Å². The van der Waals surface area contributed by atoms with E-state index in [2.05, 4.69) is 0 Å². The quantitative estimate of drug-likeness (QED) is 0.941. The predicted octanol–water partition coefficient (Wildman–Crippen LogP) is 3.46. The van der Waals surface area contributed by atoms with Crippen molar-refractivity contribution in [3.05, 3.63) is 63.7 Å². The third-order valence-electron chi connectivity index (χ3n) is 3.55. The van der Waals surface area contributed by atoms with Crippen LogP contribution in [0.25, 0.3) is 0 Å². The minimum atomic E-state index is -0.769. The Kier molecular flexibility index (Phi) is 3.66. The number of benzene rings is 2. The van der Waals surface area contributed by atoms with Gasteiger partial charge < -0.3 is 14.6 Å². The van der Waals surface area contributed by atoms with Crippen molar-refractivity contribution in [3.8, 4) is 5.75 Å². The second kappa shape index (κ2) is 5.44. The molecule has 0 aliphatic carbocycles. The van der Waals surface area contributed by atoms with Crippen molar-refractivity contribution in [2.75, 3.05) is 7.11 Å². The molecule has 0 saturated carbocycles. The molecule has 1 aliphatic heterocycles. The molecule has 1 heterocycles. The minimum Gasteiger partial charge on any atom is -0.496 e. The SMILES string of the molecule is COc1ccc(Cl)cc1C(O)c1ccc2c(c1)COC2. The Hall–Kier alpha value is -1.55. The third kappa shape index (κ3) is 2.40. The Bertz CT molecular complexity index is 640. The van der Waals surface area contributed by atoms with Crippen molar-refractivity contribution >= 4 is 11.6 Å². The van der Waals surface area contributed by atoms with Crippen LogP contribution in [0.2, 0.25) is 5.02 Å². The molecule has 1 unspecified atom stereocenters. The normalized spacial score (nSPS) is 14.9. The van der Waals surface area contributed by atoms with Crippen molar-refractivity contribution in [3.63, 3.8) is 0 Å². The summed E-state index contributed by atoms with van der Waals surface area (Å²) in [4.78, 5) is 0. The molecule has 0 aromatic heterocycles. The number of rotatable bonds is 3. The number of fused-ring (bicyclic) bond motifs is 1. The number of ether oxygens (including phenoxy) is 2. The Balaban J connectivity index is 2.00. The Morgan fingerprint density at radius 2 is 1.95 bits per heavy atom. The fourth-order valence-electron chi connectivity index (χ4n) is 2.46. The number of hydrogen-bond acceptors (Lipinski definition) is 3. The van der Waals surface area contributed by atoms with E-state index in [1.165, 1.54) is 5.56 Å². The molecule has 2 aromatic carbocycles. The summed E-state index contributed by atoms with van der Waals surface area (Å²) in [5, 5.41) is 11.2. The molecule has 0 spiro atoms. The molecule has 20 heavy (non-hydrogen) atoms. The van der Waals surface area contributed by atoms with Crippen LogP contribution in [0.1, 0.15) is 28.4 Å². The number of aliphatic hydroxyl groups excluding tert-OH is 1. The van der Waals surface area contributed by atoms with Gasteiger partial charge in [0.25, 0.3) is 0 Å². The summed E-state index contributed by atoms with van der Waals surface area (Å²) in [6.45, 7) is 1.24. The van der Waals surface area contributed by atoms with E-state index in [0.29, 0.717) is 29.5 Å². The maximum Gasteiger partial charge on any atom is 0.125 e. The molecule has 0 radical (unpaired) electrons. The first-order chi connectivity index (χ1) is 9.69. The van der Waals surface area contributed by atoms with Gasteiger partial charge in [-0.2, -0.15) is 0 Å². The average Bonchev–Trinajstić information content (AvgIpc) is 2.93. The first kappa shape index (κ1) is 13.4. The molecule has 0 saturated heterocycles. The van der Waals surface area contributed by atoms with Gasteiger partial charge in [0.15, 0.2) is 0 Å². The lowest BCUT2D eigenvalue weighted by Gasteiger charge is -2.16. The number of hydrogen-bond donors (Lipinski definition) is 1. The second-order valence-electron chi connectivity index (χ2n) is 4.81. The summed E-state index contributed by atoms with van der Waals surface area (Å²) in [5.41, 5.74) is 3.79. The van der Waals surface area contributed by atoms with E-state index in [4.69, 9.17) is 21.1 Å². The van der Waals surface area contributed by atoms with E-state index < -0.39 is 6.10 Å². The van der Waals surface area contributed by atoms with Crippen molar-refractivity contribution < 1.29 is 14.6 Å². The fourth-order valence-corrected chi connectivity index (χ4v) is 2.64. The smallest absolute Gasteiger partial charge is 0.125 e. The fraction of sp³-hybridized carbons (Fsp3) is 0.250. The lowest BCUT2D eigenvalue weighted by molar-refractivity contribution is 0.134. The Morgan fingerprint density at radius 1 is 1.15 bits per heavy atom. The van der Waals surface area contributed by atoms with Crippen molar-refractivity contribution in [2.45, 2.75) is 19.3 Å². The van der Waals surface area contributed by atoms with Gasteiger partial charge in [0.2, 0.25) is 0 Å². The van der Waals surface area contributed by atoms with Gasteiger partial charge in [-0.3, -0.25) is 0 Å². The average molecular weight is 291 g/mol. The van der Waals surface area contributed by atoms with Crippen LogP contribution in [0, 0.1) is 0 Å². The van der Waals surface area contributed by atoms with Crippen LogP contribution in [-0.2, 0) is 18.0 Å². The van der Waals surface area contributed by atoms with Crippen LogP contribution in [0.3, 0.4) is 0 Å². The summed E-state index contributed by atoms with van der Waals surface area (Å²) in [5.74, 6) is 0.624. The number of halogens is 1. The third-order valence-corrected chi connectivity index (χ3v) is 3.78. The molecule has 3 rings (SSSR count). The topological polar surface area (TPSA) is 38.7 Å². The standard InChI is InChI=1S/C16H15ClO3/c1-19-15-5-4-13(17)7-14(15)16(18)10-2-3-11-8-20-9-12(11)6-10/h2-7,16,18H,8-9H2,1H3. The summed E-state index contributed by atoms with van der Waals surface area (Å²) in [7, 11) is 1.58. The lowest BCUT2D eigenvalue weighted by Crippen LogP contribution is -2.03. The highest BCUT2D eigenvalue weighted by Gasteiger charge is 2.19. The van der Waals surface area contributed by atoms with Gasteiger partial charge in [0.1, 0.15) is 11.9 Å². The van der Waals surface area contributed by atoms with Gasteiger partial charge in [-0.25, -0.2) is 0 Å². The highest BCUT2D eigenvalue weighted by atomic mass is 35.5. The van der Waals surface area contributed by atoms with Crippen LogP contribution in [0.5, 0.6) is 5.75 Å². The Morgan fingerprint density at radius 3 is 2.75 bits per heavy atom. The van der Waals surface area contributed by atoms with E-state index >= 15 is 0 Å². The molecule has 1 aliphatic rings. The molecule has 1 N–H and O–H groups in total. The molecule has 0 amide bonds. The molecular weight excluding hydrogens is 276 g/mol. The summed E-state index contributed by atoms with van der Waals surface area (Å²) >= 11 is 6.01. The maximum atomic E-state index is 10.6. The number of methoxy groups -OCH3 is 1. The molecule has 104 valence electrons. The van der Waals surface area contributed by atoms with Crippen molar-refractivity contribution in [1.29, 1.82) is 0 Å². The Labute approximate surface area is 122 Å². The van der Waals surface area contributed by atoms with Gasteiger partial charge in [-0.05, 0) is 34.9 Å². The van der Waals surface area contributed by atoms with Gasteiger partial charge in [0, 0.05) is 10.6 Å². The van der Waals surface area contributed by atoms with Gasteiger partial charge in [-0.1, -0.05) is 29.8 Å². The lowest BCUT2D eigenvalue weighted by atomic mass is 9.97. The highest BCUT2D eigenvalue weighted by molar-refractivity contribution is 6.30.